The maximum absolute atomic E-state index is 6.08. The maximum Gasteiger partial charge on any atom is 0.191 e. The normalized spacial score (nSPS) is 22.8. The summed E-state index contributed by atoms with van der Waals surface area (Å²) in [6.45, 7) is 7.36. The monoisotopic (exact) mass is 427 g/mol. The predicted molar refractivity (Wildman–Crippen MR) is 128 cm³/mol. The van der Waals surface area contributed by atoms with E-state index in [-0.39, 0.29) is 5.54 Å². The molecular weight excluding hydrogens is 386 g/mol. The van der Waals surface area contributed by atoms with Crippen LogP contribution in [0.1, 0.15) is 50.5 Å². The number of nitrogens with one attached hydrogen (secondary N) is 2. The van der Waals surface area contributed by atoms with Crippen LogP contribution in [-0.2, 0) is 6.54 Å². The molecule has 2 N–H and O–H groups in total. The highest BCUT2D eigenvalue weighted by Crippen LogP contribution is 2.31. The largest absolute Gasteiger partial charge is 0.493 e. The number of hydrogen-bond donors (Lipinski definition) is 2. The molecule has 31 heavy (non-hydrogen) atoms. The molecule has 2 saturated heterocycles. The fraction of sp³-hybridized carbons (Fsp3) is 0.720. The van der Waals surface area contributed by atoms with Gasteiger partial charge in [0.25, 0.3) is 0 Å². The lowest BCUT2D eigenvalue weighted by Gasteiger charge is -2.50. The van der Waals surface area contributed by atoms with Crippen molar-refractivity contribution in [3.05, 3.63) is 29.8 Å². The molecule has 3 aliphatic rings. The van der Waals surface area contributed by atoms with Gasteiger partial charge in [0.2, 0.25) is 0 Å². The Hall–Kier alpha value is -1.79. The molecule has 1 aromatic rings. The average Bonchev–Trinajstić information content (AvgIpc) is 3.65. The third kappa shape index (κ3) is 6.13. The molecule has 172 valence electrons. The minimum absolute atomic E-state index is 0.246. The van der Waals surface area contributed by atoms with Crippen LogP contribution in [-0.4, -0.2) is 74.7 Å². The van der Waals surface area contributed by atoms with Crippen molar-refractivity contribution in [1.82, 2.24) is 20.4 Å². The van der Waals surface area contributed by atoms with Crippen molar-refractivity contribution in [2.24, 2.45) is 10.9 Å². The number of nitrogens with zero attached hydrogens (tertiary/aromatic N) is 3. The maximum atomic E-state index is 6.08. The van der Waals surface area contributed by atoms with Crippen LogP contribution in [0, 0.1) is 5.92 Å². The number of hydrogen-bond acceptors (Lipinski definition) is 4. The highest BCUT2D eigenvalue weighted by atomic mass is 16.5. The number of rotatable bonds is 8. The molecule has 2 heterocycles. The Morgan fingerprint density at radius 2 is 1.81 bits per heavy atom. The summed E-state index contributed by atoms with van der Waals surface area (Å²) in [6.07, 6.45) is 9.13. The summed E-state index contributed by atoms with van der Waals surface area (Å²) < 4.78 is 6.08. The minimum Gasteiger partial charge on any atom is -0.493 e. The number of guanidine groups is 1. The summed E-state index contributed by atoms with van der Waals surface area (Å²) in [4.78, 5) is 9.75. The van der Waals surface area contributed by atoms with E-state index < -0.39 is 0 Å². The molecule has 1 aliphatic carbocycles. The molecule has 0 bridgehead atoms. The topological polar surface area (TPSA) is 52.1 Å². The molecule has 0 atom stereocenters. The Labute approximate surface area is 188 Å². The summed E-state index contributed by atoms with van der Waals surface area (Å²) in [6, 6.07) is 8.37. The molecule has 1 aromatic carbocycles. The Kier molecular flexibility index (Phi) is 7.72. The molecule has 0 unspecified atom stereocenters. The van der Waals surface area contributed by atoms with Crippen molar-refractivity contribution in [1.29, 1.82) is 0 Å². The van der Waals surface area contributed by atoms with E-state index in [0.717, 1.165) is 37.3 Å². The van der Waals surface area contributed by atoms with Gasteiger partial charge in [-0.2, -0.15) is 0 Å². The summed E-state index contributed by atoms with van der Waals surface area (Å²) >= 11 is 0. The van der Waals surface area contributed by atoms with E-state index >= 15 is 0 Å². The van der Waals surface area contributed by atoms with Gasteiger partial charge in [-0.05, 0) is 83.7 Å². The van der Waals surface area contributed by atoms with Crippen LogP contribution in [0.4, 0.5) is 0 Å². The Bertz CT molecular complexity index is 718. The predicted octanol–water partition coefficient (Wildman–Crippen LogP) is 3.09. The van der Waals surface area contributed by atoms with Crippen LogP contribution in [0.25, 0.3) is 0 Å². The van der Waals surface area contributed by atoms with Crippen molar-refractivity contribution >= 4 is 5.96 Å². The summed E-state index contributed by atoms with van der Waals surface area (Å²) in [5, 5.41) is 7.21. The van der Waals surface area contributed by atoms with Gasteiger partial charge in [0.05, 0.1) is 6.61 Å². The van der Waals surface area contributed by atoms with Crippen molar-refractivity contribution in [2.45, 2.75) is 57.0 Å². The Morgan fingerprint density at radius 1 is 1.06 bits per heavy atom. The minimum atomic E-state index is 0.246. The van der Waals surface area contributed by atoms with Crippen molar-refractivity contribution in [2.75, 3.05) is 53.4 Å². The number of aliphatic imine (C=N–C) groups is 1. The van der Waals surface area contributed by atoms with E-state index in [0.29, 0.717) is 0 Å². The number of piperidine rings is 2. The van der Waals surface area contributed by atoms with E-state index in [1.807, 2.05) is 7.05 Å². The zero-order chi connectivity index (χ0) is 21.5. The quantitative estimate of drug-likeness (QED) is 0.493. The van der Waals surface area contributed by atoms with Crippen molar-refractivity contribution < 1.29 is 4.74 Å². The van der Waals surface area contributed by atoms with Gasteiger partial charge in [-0.15, -0.1) is 0 Å². The number of para-hydroxylation sites is 1. The Morgan fingerprint density at radius 3 is 2.52 bits per heavy atom. The van der Waals surface area contributed by atoms with Gasteiger partial charge < -0.3 is 20.3 Å². The van der Waals surface area contributed by atoms with Crippen LogP contribution >= 0.6 is 0 Å². The fourth-order valence-corrected chi connectivity index (χ4v) is 4.94. The molecule has 2 aliphatic heterocycles. The van der Waals surface area contributed by atoms with Gasteiger partial charge in [-0.25, -0.2) is 0 Å². The first-order chi connectivity index (χ1) is 15.2. The van der Waals surface area contributed by atoms with E-state index in [4.69, 9.17) is 4.74 Å². The van der Waals surface area contributed by atoms with Crippen LogP contribution in [0.2, 0.25) is 0 Å². The molecular formula is C25H41N5O. The van der Waals surface area contributed by atoms with Crippen molar-refractivity contribution in [3.8, 4) is 5.75 Å². The first kappa shape index (κ1) is 22.4. The van der Waals surface area contributed by atoms with Gasteiger partial charge in [-0.3, -0.25) is 9.89 Å². The van der Waals surface area contributed by atoms with Gasteiger partial charge in [0.1, 0.15) is 5.75 Å². The van der Waals surface area contributed by atoms with Crippen LogP contribution in [0.5, 0.6) is 5.75 Å². The number of likely N-dealkylation sites (tertiary alicyclic amines) is 2. The number of ether oxygens (including phenoxy) is 1. The SMILES string of the molecule is CN=C(NCc1ccccc1OCC1CC1)NCC1(N2CCCCC2)CCN(C)CC1. The first-order valence-corrected chi connectivity index (χ1v) is 12.3. The lowest BCUT2D eigenvalue weighted by molar-refractivity contribution is 0.0173. The van der Waals surface area contributed by atoms with Gasteiger partial charge in [0, 0.05) is 31.2 Å². The molecule has 6 heteroatoms. The lowest BCUT2D eigenvalue weighted by atomic mass is 9.84. The summed E-state index contributed by atoms with van der Waals surface area (Å²) in [7, 11) is 4.11. The molecule has 1 saturated carbocycles. The summed E-state index contributed by atoms with van der Waals surface area (Å²) in [5.41, 5.74) is 1.44. The zero-order valence-corrected chi connectivity index (χ0v) is 19.5. The van der Waals surface area contributed by atoms with Crippen LogP contribution < -0.4 is 15.4 Å². The highest BCUT2D eigenvalue weighted by molar-refractivity contribution is 5.79. The molecule has 0 radical (unpaired) electrons. The number of benzene rings is 1. The fourth-order valence-electron chi connectivity index (χ4n) is 4.94. The lowest BCUT2D eigenvalue weighted by Crippen LogP contribution is -2.62. The van der Waals surface area contributed by atoms with E-state index in [2.05, 4.69) is 56.7 Å². The van der Waals surface area contributed by atoms with Crippen LogP contribution in [0.3, 0.4) is 0 Å². The molecule has 0 spiro atoms. The molecule has 6 nitrogen and oxygen atoms in total. The molecule has 3 fully saturated rings. The van der Waals surface area contributed by atoms with E-state index in [1.54, 1.807) is 0 Å². The Balaban J connectivity index is 1.34. The smallest absolute Gasteiger partial charge is 0.191 e. The second kappa shape index (κ2) is 10.7. The van der Waals surface area contributed by atoms with Gasteiger partial charge in [-0.1, -0.05) is 24.6 Å². The van der Waals surface area contributed by atoms with Gasteiger partial charge in [0.15, 0.2) is 5.96 Å². The standard InChI is InChI=1S/C25H41N5O/c1-26-24(27-18-22-8-4-5-9-23(22)31-19-21-10-11-21)28-20-25(12-16-29(2)17-13-25)30-14-6-3-7-15-30/h4-5,8-9,21H,3,6-7,10-20H2,1-2H3,(H2,26,27,28). The third-order valence-corrected chi connectivity index (χ3v) is 7.34. The first-order valence-electron chi connectivity index (χ1n) is 12.3. The third-order valence-electron chi connectivity index (χ3n) is 7.34. The van der Waals surface area contributed by atoms with E-state index in [9.17, 15) is 0 Å². The molecule has 4 rings (SSSR count). The molecule has 0 aromatic heterocycles. The van der Waals surface area contributed by atoms with Crippen LogP contribution in [0.15, 0.2) is 29.3 Å². The second-order valence-electron chi connectivity index (χ2n) is 9.72. The second-order valence-corrected chi connectivity index (χ2v) is 9.72. The van der Waals surface area contributed by atoms with Gasteiger partial charge >= 0.3 is 0 Å². The summed E-state index contributed by atoms with van der Waals surface area (Å²) in [5.74, 6) is 2.64. The molecule has 0 amide bonds. The van der Waals surface area contributed by atoms with Crippen molar-refractivity contribution in [3.63, 3.8) is 0 Å². The zero-order valence-electron chi connectivity index (χ0n) is 19.5. The highest BCUT2D eigenvalue weighted by Gasteiger charge is 2.39. The average molecular weight is 428 g/mol. The van der Waals surface area contributed by atoms with E-state index in [1.165, 1.54) is 76.7 Å².